The van der Waals surface area contributed by atoms with E-state index in [1.807, 2.05) is 32.0 Å². The molecule has 2 amide bonds. The van der Waals surface area contributed by atoms with Crippen molar-refractivity contribution in [3.63, 3.8) is 0 Å². The number of anilines is 2. The Kier molecular flexibility index (Phi) is 6.09. The number of pyridine rings is 1. The molecular weight excluding hydrogens is 428 g/mol. The minimum atomic E-state index is -0.375. The predicted octanol–water partition coefficient (Wildman–Crippen LogP) is 5.19. The molecule has 2 aromatic carbocycles. The van der Waals surface area contributed by atoms with E-state index >= 15 is 0 Å². The molecule has 0 bridgehead atoms. The van der Waals surface area contributed by atoms with Crippen molar-refractivity contribution in [2.75, 3.05) is 10.6 Å². The number of ether oxygens (including phenoxy) is 1. The highest BCUT2D eigenvalue weighted by Crippen LogP contribution is 2.21. The molecule has 2 heterocycles. The van der Waals surface area contributed by atoms with Crippen LogP contribution in [0.5, 0.6) is 5.75 Å². The second kappa shape index (κ2) is 9.11. The first-order valence-corrected chi connectivity index (χ1v) is 10.3. The van der Waals surface area contributed by atoms with Crippen LogP contribution in [0.4, 0.5) is 16.2 Å². The Bertz CT molecular complexity index is 1350. The molecule has 2 aromatic heterocycles. The van der Waals surface area contributed by atoms with E-state index < -0.39 is 0 Å². The second-order valence-corrected chi connectivity index (χ2v) is 7.76. The molecule has 0 aliphatic heterocycles. The number of rotatable bonds is 5. The first-order chi connectivity index (χ1) is 15.4. The molecule has 0 radical (unpaired) electrons. The molecule has 0 saturated carbocycles. The van der Waals surface area contributed by atoms with Crippen molar-refractivity contribution < 1.29 is 9.53 Å². The largest absolute Gasteiger partial charge is 0.487 e. The minimum absolute atomic E-state index is 0.154. The van der Waals surface area contributed by atoms with Gasteiger partial charge in [0.25, 0.3) is 5.56 Å². The molecule has 0 unspecified atom stereocenters. The minimum Gasteiger partial charge on any atom is -0.487 e. The van der Waals surface area contributed by atoms with E-state index in [-0.39, 0.29) is 18.2 Å². The Balaban J connectivity index is 1.38. The van der Waals surface area contributed by atoms with Crippen LogP contribution in [-0.2, 0) is 6.61 Å². The van der Waals surface area contributed by atoms with E-state index in [0.717, 1.165) is 11.1 Å². The number of urea groups is 1. The quantitative estimate of drug-likeness (QED) is 0.440. The number of carbonyl (C=O) groups is 1. The molecule has 162 valence electrons. The fourth-order valence-electron chi connectivity index (χ4n) is 3.19. The lowest BCUT2D eigenvalue weighted by atomic mass is 10.2. The highest BCUT2D eigenvalue weighted by molar-refractivity contribution is 6.31. The Morgan fingerprint density at radius 3 is 2.59 bits per heavy atom. The summed E-state index contributed by atoms with van der Waals surface area (Å²) in [6.45, 7) is 3.95. The average molecular weight is 449 g/mol. The zero-order chi connectivity index (χ0) is 22.7. The molecule has 0 aliphatic carbocycles. The molecule has 7 nitrogen and oxygen atoms in total. The van der Waals surface area contributed by atoms with Crippen LogP contribution in [0.15, 0.2) is 71.7 Å². The van der Waals surface area contributed by atoms with Gasteiger partial charge in [-0.25, -0.2) is 9.78 Å². The molecule has 4 aromatic rings. The maximum atomic E-state index is 12.3. The topological polar surface area (TPSA) is 84.7 Å². The lowest BCUT2D eigenvalue weighted by Gasteiger charge is -2.11. The van der Waals surface area contributed by atoms with Gasteiger partial charge in [-0.05, 0) is 67.4 Å². The first kappa shape index (κ1) is 21.4. The monoisotopic (exact) mass is 448 g/mol. The summed E-state index contributed by atoms with van der Waals surface area (Å²) in [5.74, 6) is 0.591. The fourth-order valence-corrected chi connectivity index (χ4v) is 3.36. The highest BCUT2D eigenvalue weighted by atomic mass is 35.5. The summed E-state index contributed by atoms with van der Waals surface area (Å²) in [5, 5.41) is 6.09. The van der Waals surface area contributed by atoms with Crippen LogP contribution < -0.4 is 20.9 Å². The van der Waals surface area contributed by atoms with Crippen molar-refractivity contribution >= 4 is 34.7 Å². The van der Waals surface area contributed by atoms with Gasteiger partial charge in [-0.1, -0.05) is 23.7 Å². The number of halogens is 1. The van der Waals surface area contributed by atoms with Crippen molar-refractivity contribution in [2.24, 2.45) is 0 Å². The third-order valence-electron chi connectivity index (χ3n) is 4.89. The Hall–Kier alpha value is -3.84. The van der Waals surface area contributed by atoms with Crippen molar-refractivity contribution in [2.45, 2.75) is 20.5 Å². The summed E-state index contributed by atoms with van der Waals surface area (Å²) in [5.41, 5.74) is 4.06. The van der Waals surface area contributed by atoms with E-state index in [1.54, 1.807) is 42.6 Å². The zero-order valence-electron chi connectivity index (χ0n) is 17.6. The third-order valence-corrected chi connectivity index (χ3v) is 5.12. The maximum absolute atomic E-state index is 12.3. The fraction of sp³-hybridized carbons (Fsp3) is 0.125. The number of aryl methyl sites for hydroxylation is 2. The van der Waals surface area contributed by atoms with Gasteiger partial charge in [-0.15, -0.1) is 0 Å². The average Bonchev–Trinajstić information content (AvgIpc) is 2.76. The Morgan fingerprint density at radius 2 is 1.81 bits per heavy atom. The van der Waals surface area contributed by atoms with Gasteiger partial charge in [0.2, 0.25) is 0 Å². The number of nitrogens with one attached hydrogen (secondary N) is 2. The van der Waals surface area contributed by atoms with E-state index in [2.05, 4.69) is 15.6 Å². The van der Waals surface area contributed by atoms with Gasteiger partial charge in [0, 0.05) is 28.7 Å². The van der Waals surface area contributed by atoms with Crippen molar-refractivity contribution in [1.82, 2.24) is 9.38 Å². The molecule has 0 spiro atoms. The van der Waals surface area contributed by atoms with E-state index in [4.69, 9.17) is 16.3 Å². The van der Waals surface area contributed by atoms with Gasteiger partial charge in [0.15, 0.2) is 0 Å². The number of hydrogen-bond acceptors (Lipinski definition) is 4. The summed E-state index contributed by atoms with van der Waals surface area (Å²) in [4.78, 5) is 29.1. The molecule has 32 heavy (non-hydrogen) atoms. The number of fused-ring (bicyclic) bond motifs is 1. The van der Waals surface area contributed by atoms with Crippen LogP contribution in [0.3, 0.4) is 0 Å². The summed E-state index contributed by atoms with van der Waals surface area (Å²) < 4.78 is 7.28. The van der Waals surface area contributed by atoms with Crippen molar-refractivity contribution in [3.05, 3.63) is 99.1 Å². The van der Waals surface area contributed by atoms with Gasteiger partial charge in [-0.3, -0.25) is 9.20 Å². The van der Waals surface area contributed by atoms with Crippen LogP contribution in [0.25, 0.3) is 5.65 Å². The number of carbonyl (C=O) groups excluding carboxylic acids is 1. The molecule has 8 heteroatoms. The zero-order valence-corrected chi connectivity index (χ0v) is 18.3. The molecule has 0 atom stereocenters. The molecule has 0 aliphatic rings. The second-order valence-electron chi connectivity index (χ2n) is 7.32. The normalized spacial score (nSPS) is 10.7. The number of hydrogen-bond donors (Lipinski definition) is 2. The predicted molar refractivity (Wildman–Crippen MR) is 126 cm³/mol. The standard InChI is InChI=1S/C24H21ClN4O3/c1-15-5-6-17(25)12-21(15)28-24(31)27-18-7-9-20(10-8-18)32-14-19-13-22(30)29-11-3-4-16(2)23(29)26-19/h3-13H,14H2,1-2H3,(H2,27,28,31). The van der Waals surface area contributed by atoms with Gasteiger partial charge in [-0.2, -0.15) is 0 Å². The van der Waals surface area contributed by atoms with Gasteiger partial charge >= 0.3 is 6.03 Å². The van der Waals surface area contributed by atoms with E-state index in [0.29, 0.717) is 33.5 Å². The summed E-state index contributed by atoms with van der Waals surface area (Å²) in [6.07, 6.45) is 1.69. The van der Waals surface area contributed by atoms with Gasteiger partial charge in [0.1, 0.15) is 18.0 Å². The van der Waals surface area contributed by atoms with Gasteiger partial charge < -0.3 is 15.4 Å². The summed E-state index contributed by atoms with van der Waals surface area (Å²) >= 11 is 5.99. The van der Waals surface area contributed by atoms with Crippen LogP contribution in [0.1, 0.15) is 16.8 Å². The van der Waals surface area contributed by atoms with Crippen LogP contribution >= 0.6 is 11.6 Å². The molecule has 0 fully saturated rings. The van der Waals surface area contributed by atoms with E-state index in [1.165, 1.54) is 10.5 Å². The maximum Gasteiger partial charge on any atom is 0.323 e. The number of amides is 2. The third kappa shape index (κ3) is 4.90. The molecule has 2 N–H and O–H groups in total. The Morgan fingerprint density at radius 1 is 1.03 bits per heavy atom. The number of benzene rings is 2. The smallest absolute Gasteiger partial charge is 0.323 e. The van der Waals surface area contributed by atoms with Crippen LogP contribution in [0, 0.1) is 13.8 Å². The SMILES string of the molecule is Cc1ccc(Cl)cc1NC(=O)Nc1ccc(OCc2cc(=O)n3cccc(C)c3n2)cc1. The lowest BCUT2D eigenvalue weighted by molar-refractivity contribution is 0.262. The lowest BCUT2D eigenvalue weighted by Crippen LogP contribution is -2.19. The van der Waals surface area contributed by atoms with Crippen molar-refractivity contribution in [3.8, 4) is 5.75 Å². The molecule has 0 saturated heterocycles. The van der Waals surface area contributed by atoms with Crippen LogP contribution in [-0.4, -0.2) is 15.4 Å². The molecular formula is C24H21ClN4O3. The first-order valence-electron chi connectivity index (χ1n) is 9.94. The van der Waals surface area contributed by atoms with Gasteiger partial charge in [0.05, 0.1) is 5.69 Å². The Labute approximate surface area is 189 Å². The summed E-state index contributed by atoms with van der Waals surface area (Å²) in [7, 11) is 0. The van der Waals surface area contributed by atoms with Crippen LogP contribution in [0.2, 0.25) is 5.02 Å². The van der Waals surface area contributed by atoms with Crippen molar-refractivity contribution in [1.29, 1.82) is 0 Å². The number of nitrogens with zero attached hydrogens (tertiary/aromatic N) is 2. The molecule has 4 rings (SSSR count). The number of aromatic nitrogens is 2. The van der Waals surface area contributed by atoms with E-state index in [9.17, 15) is 9.59 Å². The summed E-state index contributed by atoms with van der Waals surface area (Å²) in [6, 6.07) is 17.0. The highest BCUT2D eigenvalue weighted by Gasteiger charge is 2.08.